The third kappa shape index (κ3) is 2.54. The van der Waals surface area contributed by atoms with Gasteiger partial charge in [0.15, 0.2) is 5.78 Å². The molecule has 0 aliphatic carbocycles. The average Bonchev–Trinajstić information content (AvgIpc) is 3.00. The van der Waals surface area contributed by atoms with Crippen LogP contribution in [0.3, 0.4) is 0 Å². The van der Waals surface area contributed by atoms with Gasteiger partial charge in [0, 0.05) is 36.8 Å². The number of fused-ring (bicyclic) bond motifs is 3. The molecule has 0 saturated carbocycles. The summed E-state index contributed by atoms with van der Waals surface area (Å²) in [6.07, 6.45) is 1.83. The first-order valence-corrected chi connectivity index (χ1v) is 9.56. The van der Waals surface area contributed by atoms with Crippen LogP contribution in [0.5, 0.6) is 0 Å². The van der Waals surface area contributed by atoms with Crippen molar-refractivity contribution < 1.29 is 9.59 Å². The van der Waals surface area contributed by atoms with E-state index < -0.39 is 5.41 Å². The van der Waals surface area contributed by atoms with Crippen LogP contribution in [0, 0.1) is 5.41 Å². The largest absolute Gasteiger partial charge is 0.347 e. The Labute approximate surface area is 163 Å². The second-order valence-corrected chi connectivity index (χ2v) is 7.98. The quantitative estimate of drug-likeness (QED) is 0.752. The van der Waals surface area contributed by atoms with Gasteiger partial charge in [0.1, 0.15) is 0 Å². The number of likely N-dealkylation sites (tertiary alicyclic amines) is 1. The topological polar surface area (TPSA) is 62.3 Å². The molecule has 0 bridgehead atoms. The van der Waals surface area contributed by atoms with Crippen LogP contribution in [0.25, 0.3) is 10.9 Å². The lowest BCUT2D eigenvalue weighted by molar-refractivity contribution is 0.0789. The van der Waals surface area contributed by atoms with E-state index in [1.807, 2.05) is 43.5 Å². The molecule has 2 atom stereocenters. The lowest BCUT2D eigenvalue weighted by Crippen LogP contribution is -2.47. The van der Waals surface area contributed by atoms with E-state index in [9.17, 15) is 9.59 Å². The van der Waals surface area contributed by atoms with Crippen LogP contribution in [-0.2, 0) is 6.54 Å². The van der Waals surface area contributed by atoms with E-state index in [-0.39, 0.29) is 17.7 Å². The van der Waals surface area contributed by atoms with Crippen molar-refractivity contribution in [2.75, 3.05) is 13.1 Å². The summed E-state index contributed by atoms with van der Waals surface area (Å²) in [5, 5.41) is 4.23. The number of ketones is 1. The highest BCUT2D eigenvalue weighted by molar-refractivity contribution is 6.12. The Kier molecular flexibility index (Phi) is 3.81. The molecule has 2 aliphatic heterocycles. The fourth-order valence-corrected chi connectivity index (χ4v) is 4.61. The Bertz CT molecular complexity index is 1100. The number of carbonyl (C=O) groups is 2. The van der Waals surface area contributed by atoms with E-state index in [2.05, 4.69) is 21.3 Å². The Morgan fingerprint density at radius 2 is 1.82 bits per heavy atom. The van der Waals surface area contributed by atoms with Crippen LogP contribution in [-0.4, -0.2) is 40.7 Å². The van der Waals surface area contributed by atoms with Gasteiger partial charge in [-0.1, -0.05) is 36.4 Å². The number of pyridine rings is 1. The first kappa shape index (κ1) is 17.1. The molecule has 1 saturated heterocycles. The van der Waals surface area contributed by atoms with Crippen molar-refractivity contribution in [2.24, 2.45) is 5.41 Å². The Hall–Kier alpha value is -3.05. The van der Waals surface area contributed by atoms with Crippen LogP contribution < -0.4 is 5.32 Å². The van der Waals surface area contributed by atoms with Gasteiger partial charge in [0.25, 0.3) is 5.91 Å². The van der Waals surface area contributed by atoms with E-state index in [0.29, 0.717) is 24.2 Å². The van der Waals surface area contributed by atoms with Crippen molar-refractivity contribution in [3.63, 3.8) is 0 Å². The van der Waals surface area contributed by atoms with E-state index in [1.54, 1.807) is 18.2 Å². The second kappa shape index (κ2) is 6.24. The van der Waals surface area contributed by atoms with Crippen molar-refractivity contribution in [2.45, 2.75) is 19.5 Å². The first-order chi connectivity index (χ1) is 13.6. The number of Topliss-reactive ketones (excluding diaryl/α,β-unsaturated/α-hetero) is 1. The third-order valence-corrected chi connectivity index (χ3v) is 6.14. The van der Waals surface area contributed by atoms with Crippen molar-refractivity contribution in [3.05, 3.63) is 77.5 Å². The summed E-state index contributed by atoms with van der Waals surface area (Å²) < 4.78 is 0. The molecule has 5 rings (SSSR count). The fourth-order valence-electron chi connectivity index (χ4n) is 4.61. The van der Waals surface area contributed by atoms with Gasteiger partial charge in [-0.05, 0) is 30.7 Å². The van der Waals surface area contributed by atoms with Crippen LogP contribution in [0.15, 0.2) is 60.8 Å². The lowest BCUT2D eigenvalue weighted by atomic mass is 9.78. The summed E-state index contributed by atoms with van der Waals surface area (Å²) >= 11 is 0. The number of para-hydroxylation sites is 1. The van der Waals surface area contributed by atoms with Crippen molar-refractivity contribution >= 4 is 22.6 Å². The zero-order valence-corrected chi connectivity index (χ0v) is 15.7. The summed E-state index contributed by atoms with van der Waals surface area (Å²) in [7, 11) is 0. The first-order valence-electron chi connectivity index (χ1n) is 9.56. The van der Waals surface area contributed by atoms with Gasteiger partial charge in [-0.3, -0.25) is 19.5 Å². The van der Waals surface area contributed by atoms with Gasteiger partial charge in [-0.15, -0.1) is 0 Å². The predicted octanol–water partition coefficient (Wildman–Crippen LogP) is 3.05. The maximum Gasteiger partial charge on any atom is 0.252 e. The molecular formula is C23H21N3O2. The van der Waals surface area contributed by atoms with Gasteiger partial charge >= 0.3 is 0 Å². The molecule has 2 aromatic carbocycles. The molecule has 1 N–H and O–H groups in total. The molecule has 1 aromatic heterocycles. The maximum atomic E-state index is 13.4. The minimum absolute atomic E-state index is 0.0496. The van der Waals surface area contributed by atoms with Gasteiger partial charge in [-0.2, -0.15) is 0 Å². The summed E-state index contributed by atoms with van der Waals surface area (Å²) in [4.78, 5) is 32.7. The molecule has 2 aliphatic rings. The van der Waals surface area contributed by atoms with Crippen LogP contribution in [0.2, 0.25) is 0 Å². The molecule has 0 unspecified atom stereocenters. The number of benzene rings is 2. The number of hydrogen-bond acceptors (Lipinski definition) is 4. The van der Waals surface area contributed by atoms with Crippen LogP contribution in [0.1, 0.15) is 33.2 Å². The number of hydrogen-bond donors (Lipinski definition) is 1. The number of carbonyl (C=O) groups excluding carboxylic acids is 2. The number of amides is 1. The van der Waals surface area contributed by atoms with E-state index >= 15 is 0 Å². The lowest BCUT2D eigenvalue weighted by Gasteiger charge is -2.27. The SMILES string of the molecule is C[C@]12CN(Cc3ccnc4ccccc34)C[C@H]1NC(=O)c1ccccc1C2=O. The summed E-state index contributed by atoms with van der Waals surface area (Å²) in [5.74, 6) is -0.109. The third-order valence-electron chi connectivity index (χ3n) is 6.14. The van der Waals surface area contributed by atoms with Gasteiger partial charge in [0.2, 0.25) is 0 Å². The molecule has 1 fully saturated rings. The Balaban J connectivity index is 1.48. The summed E-state index contributed by atoms with van der Waals surface area (Å²) in [6.45, 7) is 3.97. The van der Waals surface area contributed by atoms with Gasteiger partial charge < -0.3 is 5.32 Å². The standard InChI is InChI=1S/C23H21N3O2/c1-23-14-26(12-15-10-11-24-19-9-5-4-6-16(15)19)13-20(23)25-22(28)18-8-3-2-7-17(18)21(23)27/h2-11,20H,12-14H2,1H3,(H,25,28)/t20-,23+/m1/s1. The molecule has 5 heteroatoms. The van der Waals surface area contributed by atoms with E-state index in [4.69, 9.17) is 0 Å². The van der Waals surface area contributed by atoms with Gasteiger partial charge in [-0.25, -0.2) is 0 Å². The zero-order valence-electron chi connectivity index (χ0n) is 15.7. The zero-order chi connectivity index (χ0) is 19.3. The Morgan fingerprint density at radius 3 is 2.68 bits per heavy atom. The molecule has 5 nitrogen and oxygen atoms in total. The molecule has 28 heavy (non-hydrogen) atoms. The predicted molar refractivity (Wildman–Crippen MR) is 107 cm³/mol. The highest BCUT2D eigenvalue weighted by Gasteiger charge is 2.51. The number of rotatable bonds is 2. The van der Waals surface area contributed by atoms with Crippen molar-refractivity contribution in [1.82, 2.24) is 15.2 Å². The highest BCUT2D eigenvalue weighted by atomic mass is 16.2. The van der Waals surface area contributed by atoms with E-state index in [0.717, 1.165) is 17.4 Å². The molecule has 140 valence electrons. The smallest absolute Gasteiger partial charge is 0.252 e. The molecule has 0 radical (unpaired) electrons. The summed E-state index contributed by atoms with van der Waals surface area (Å²) in [5.41, 5.74) is 2.53. The minimum Gasteiger partial charge on any atom is -0.347 e. The molecule has 3 aromatic rings. The van der Waals surface area contributed by atoms with Crippen LogP contribution >= 0.6 is 0 Å². The van der Waals surface area contributed by atoms with Crippen molar-refractivity contribution in [3.8, 4) is 0 Å². The summed E-state index contributed by atoms with van der Waals surface area (Å²) in [6, 6.07) is 17.0. The van der Waals surface area contributed by atoms with Crippen LogP contribution in [0.4, 0.5) is 0 Å². The maximum absolute atomic E-state index is 13.4. The number of nitrogens with one attached hydrogen (secondary N) is 1. The number of nitrogens with zero attached hydrogens (tertiary/aromatic N) is 2. The fraction of sp³-hybridized carbons (Fsp3) is 0.261. The molecular weight excluding hydrogens is 350 g/mol. The molecule has 1 amide bonds. The second-order valence-electron chi connectivity index (χ2n) is 7.98. The molecule has 0 spiro atoms. The Morgan fingerprint density at radius 1 is 1.07 bits per heavy atom. The monoisotopic (exact) mass is 371 g/mol. The normalized spacial score (nSPS) is 24.5. The number of aromatic nitrogens is 1. The molecule has 3 heterocycles. The van der Waals surface area contributed by atoms with Crippen molar-refractivity contribution in [1.29, 1.82) is 0 Å². The van der Waals surface area contributed by atoms with E-state index in [1.165, 1.54) is 5.56 Å². The van der Waals surface area contributed by atoms with Gasteiger partial charge in [0.05, 0.1) is 22.5 Å². The average molecular weight is 371 g/mol. The minimum atomic E-state index is -0.634. The highest BCUT2D eigenvalue weighted by Crippen LogP contribution is 2.38.